The van der Waals surface area contributed by atoms with Gasteiger partial charge in [0.05, 0.1) is 12.2 Å². The molecule has 1 heterocycles. The minimum absolute atomic E-state index is 0.198. The Hall–Kier alpha value is -1.87. The molecule has 1 aromatic rings. The number of sulfonamides is 1. The van der Waals surface area contributed by atoms with Crippen molar-refractivity contribution >= 4 is 16.0 Å². The van der Waals surface area contributed by atoms with Crippen LogP contribution in [0, 0.1) is 0 Å². The summed E-state index contributed by atoms with van der Waals surface area (Å²) in [5, 5.41) is 6.34. The predicted molar refractivity (Wildman–Crippen MR) is 76.4 cm³/mol. The van der Waals surface area contributed by atoms with E-state index in [0.717, 1.165) is 5.57 Å². The van der Waals surface area contributed by atoms with E-state index in [2.05, 4.69) is 31.3 Å². The lowest BCUT2D eigenvalue weighted by Crippen LogP contribution is -2.38. The van der Waals surface area contributed by atoms with Gasteiger partial charge in [-0.1, -0.05) is 17.3 Å². The highest BCUT2D eigenvalue weighted by Crippen LogP contribution is 2.00. The van der Waals surface area contributed by atoms with Gasteiger partial charge >= 0.3 is 0 Å². The number of nitrogens with one attached hydrogen (secondary N) is 2. The number of nitrogens with zero attached hydrogens (tertiary/aromatic N) is 2. The van der Waals surface area contributed by atoms with Gasteiger partial charge in [0.15, 0.2) is 5.96 Å². The number of nitrogens with two attached hydrogens (primary N) is 1. The Morgan fingerprint density at radius 1 is 1.55 bits per heavy atom. The molecule has 0 saturated heterocycles. The Kier molecular flexibility index (Phi) is 6.19. The molecule has 0 aliphatic heterocycles. The van der Waals surface area contributed by atoms with Crippen LogP contribution in [0.1, 0.15) is 12.6 Å². The first-order chi connectivity index (χ1) is 9.39. The second-order valence-corrected chi connectivity index (χ2v) is 6.04. The van der Waals surface area contributed by atoms with Crippen molar-refractivity contribution in [2.75, 3.05) is 19.6 Å². The maximum absolute atomic E-state index is 11.7. The van der Waals surface area contributed by atoms with Crippen molar-refractivity contribution in [3.63, 3.8) is 0 Å². The standard InChI is InChI=1S/C11H19N5O3S/c1-9(2)7-14-11(12)13-4-5-15-20(17,18)8-10-3-6-19-16-10/h3,6,15H,1,4-5,7-8H2,2H3,(H3,12,13,14). The summed E-state index contributed by atoms with van der Waals surface area (Å²) in [7, 11) is -3.44. The summed E-state index contributed by atoms with van der Waals surface area (Å²) in [5.74, 6) is 0.0339. The summed E-state index contributed by atoms with van der Waals surface area (Å²) >= 11 is 0. The molecule has 0 saturated carbocycles. The van der Waals surface area contributed by atoms with E-state index in [9.17, 15) is 8.42 Å². The van der Waals surface area contributed by atoms with Crippen molar-refractivity contribution in [3.8, 4) is 0 Å². The minimum Gasteiger partial charge on any atom is -0.370 e. The SMILES string of the molecule is C=C(C)CN=C(N)NCCNS(=O)(=O)Cc1ccon1. The van der Waals surface area contributed by atoms with Crippen LogP contribution >= 0.6 is 0 Å². The van der Waals surface area contributed by atoms with Crippen LogP contribution < -0.4 is 15.8 Å². The molecule has 0 spiro atoms. The van der Waals surface area contributed by atoms with Crippen LogP contribution in [-0.2, 0) is 15.8 Å². The molecule has 0 fully saturated rings. The molecule has 0 unspecified atom stereocenters. The van der Waals surface area contributed by atoms with Crippen molar-refractivity contribution in [3.05, 3.63) is 30.2 Å². The highest BCUT2D eigenvalue weighted by atomic mass is 32.2. The van der Waals surface area contributed by atoms with E-state index in [4.69, 9.17) is 5.73 Å². The van der Waals surface area contributed by atoms with Gasteiger partial charge in [-0.2, -0.15) is 0 Å². The third-order valence-corrected chi connectivity index (χ3v) is 3.42. The molecule has 0 aliphatic rings. The Labute approximate surface area is 118 Å². The van der Waals surface area contributed by atoms with Gasteiger partial charge in [-0.05, 0) is 6.92 Å². The molecule has 0 amide bonds. The molecule has 0 aromatic carbocycles. The molecule has 0 bridgehead atoms. The fourth-order valence-electron chi connectivity index (χ4n) is 1.23. The summed E-state index contributed by atoms with van der Waals surface area (Å²) in [6.07, 6.45) is 1.32. The average molecular weight is 301 g/mol. The summed E-state index contributed by atoms with van der Waals surface area (Å²) in [4.78, 5) is 4.00. The van der Waals surface area contributed by atoms with Crippen LogP contribution in [0.4, 0.5) is 0 Å². The average Bonchev–Trinajstić information content (AvgIpc) is 2.84. The molecule has 1 rings (SSSR count). The second-order valence-electron chi connectivity index (χ2n) is 4.23. The van der Waals surface area contributed by atoms with Crippen LogP contribution in [0.5, 0.6) is 0 Å². The van der Waals surface area contributed by atoms with E-state index in [-0.39, 0.29) is 18.3 Å². The minimum atomic E-state index is -3.44. The van der Waals surface area contributed by atoms with E-state index >= 15 is 0 Å². The first-order valence-corrected chi connectivity index (χ1v) is 7.59. The third-order valence-electron chi connectivity index (χ3n) is 2.10. The second kappa shape index (κ2) is 7.65. The van der Waals surface area contributed by atoms with Gasteiger partial charge in [-0.15, -0.1) is 0 Å². The van der Waals surface area contributed by atoms with Gasteiger partial charge in [0, 0.05) is 19.2 Å². The normalized spacial score (nSPS) is 12.3. The zero-order valence-electron chi connectivity index (χ0n) is 11.3. The predicted octanol–water partition coefficient (Wildman–Crippen LogP) is -0.426. The van der Waals surface area contributed by atoms with Crippen LogP contribution in [-0.4, -0.2) is 39.2 Å². The molecule has 9 heteroatoms. The molecule has 0 aliphatic carbocycles. The van der Waals surface area contributed by atoms with E-state index in [1.165, 1.54) is 12.3 Å². The lowest BCUT2D eigenvalue weighted by atomic mass is 10.4. The third kappa shape index (κ3) is 6.90. The van der Waals surface area contributed by atoms with Gasteiger partial charge in [-0.3, -0.25) is 0 Å². The lowest BCUT2D eigenvalue weighted by molar-refractivity contribution is 0.413. The molecular weight excluding hydrogens is 282 g/mol. The maximum atomic E-state index is 11.7. The highest BCUT2D eigenvalue weighted by molar-refractivity contribution is 7.88. The van der Waals surface area contributed by atoms with Crippen LogP contribution in [0.25, 0.3) is 0 Å². The summed E-state index contributed by atoms with van der Waals surface area (Å²) in [5.41, 5.74) is 6.83. The molecular formula is C11H19N5O3S. The van der Waals surface area contributed by atoms with E-state index in [0.29, 0.717) is 18.8 Å². The fraction of sp³-hybridized carbons (Fsp3) is 0.455. The zero-order valence-corrected chi connectivity index (χ0v) is 12.1. The Balaban J connectivity index is 2.26. The Bertz CT molecular complexity index is 551. The number of guanidine groups is 1. The van der Waals surface area contributed by atoms with Gasteiger partial charge in [0.2, 0.25) is 10.0 Å². The van der Waals surface area contributed by atoms with E-state index < -0.39 is 10.0 Å². The molecule has 0 radical (unpaired) electrons. The first kappa shape index (κ1) is 16.2. The van der Waals surface area contributed by atoms with E-state index in [1.54, 1.807) is 0 Å². The van der Waals surface area contributed by atoms with E-state index in [1.807, 2.05) is 6.92 Å². The summed E-state index contributed by atoms with van der Waals surface area (Å²) in [6.45, 7) is 6.51. The topological polar surface area (TPSA) is 123 Å². The Morgan fingerprint density at radius 2 is 2.30 bits per heavy atom. The smallest absolute Gasteiger partial charge is 0.217 e. The number of aromatic nitrogens is 1. The molecule has 4 N–H and O–H groups in total. The van der Waals surface area contributed by atoms with Gasteiger partial charge < -0.3 is 15.6 Å². The van der Waals surface area contributed by atoms with Crippen molar-refractivity contribution in [1.29, 1.82) is 0 Å². The molecule has 1 aromatic heterocycles. The lowest BCUT2D eigenvalue weighted by Gasteiger charge is -2.07. The zero-order chi connectivity index (χ0) is 15.0. The summed E-state index contributed by atoms with van der Waals surface area (Å²) < 4.78 is 30.3. The monoisotopic (exact) mass is 301 g/mol. The van der Waals surface area contributed by atoms with Crippen LogP contribution in [0.2, 0.25) is 0 Å². The molecule has 20 heavy (non-hydrogen) atoms. The van der Waals surface area contributed by atoms with Crippen LogP contribution in [0.3, 0.4) is 0 Å². The molecule has 8 nitrogen and oxygen atoms in total. The Morgan fingerprint density at radius 3 is 2.90 bits per heavy atom. The van der Waals surface area contributed by atoms with Crippen molar-refractivity contribution in [2.45, 2.75) is 12.7 Å². The first-order valence-electron chi connectivity index (χ1n) is 5.94. The van der Waals surface area contributed by atoms with Gasteiger partial charge in [0.25, 0.3) is 0 Å². The molecule has 0 atom stereocenters. The maximum Gasteiger partial charge on any atom is 0.217 e. The largest absolute Gasteiger partial charge is 0.370 e. The van der Waals surface area contributed by atoms with Gasteiger partial charge in [0.1, 0.15) is 12.0 Å². The quantitative estimate of drug-likeness (QED) is 0.259. The fourth-order valence-corrected chi connectivity index (χ4v) is 2.28. The number of aliphatic imine (C=N–C) groups is 1. The van der Waals surface area contributed by atoms with Crippen molar-refractivity contribution in [1.82, 2.24) is 15.2 Å². The number of hydrogen-bond donors (Lipinski definition) is 3. The van der Waals surface area contributed by atoms with Crippen LogP contribution in [0.15, 0.2) is 34.0 Å². The van der Waals surface area contributed by atoms with Crippen molar-refractivity contribution in [2.24, 2.45) is 10.7 Å². The van der Waals surface area contributed by atoms with Crippen molar-refractivity contribution < 1.29 is 12.9 Å². The van der Waals surface area contributed by atoms with Gasteiger partial charge in [-0.25, -0.2) is 18.1 Å². The number of hydrogen-bond acceptors (Lipinski definition) is 5. The molecule has 112 valence electrons. The highest BCUT2D eigenvalue weighted by Gasteiger charge is 2.12. The number of rotatable bonds is 8. The summed E-state index contributed by atoms with van der Waals surface area (Å²) in [6, 6.07) is 1.50.